The van der Waals surface area contributed by atoms with Crippen LogP contribution in [-0.2, 0) is 0 Å². The highest BCUT2D eigenvalue weighted by Crippen LogP contribution is 2.39. The summed E-state index contributed by atoms with van der Waals surface area (Å²) in [4.78, 5) is 15.5. The Morgan fingerprint density at radius 2 is 2.00 bits per heavy atom. The van der Waals surface area contributed by atoms with Gasteiger partial charge in [0.25, 0.3) is 0 Å². The molecule has 2 aromatic carbocycles. The number of para-hydroxylation sites is 1. The number of carbonyl (C=O) groups excluding carboxylic acids is 1. The fraction of sp³-hybridized carbons (Fsp3) is 0.235. The van der Waals surface area contributed by atoms with Crippen LogP contribution in [0.15, 0.2) is 53.4 Å². The van der Waals surface area contributed by atoms with E-state index in [1.165, 1.54) is 12.1 Å². The van der Waals surface area contributed by atoms with Crippen molar-refractivity contribution in [2.75, 3.05) is 16.8 Å². The van der Waals surface area contributed by atoms with Crippen molar-refractivity contribution in [3.05, 3.63) is 54.3 Å². The summed E-state index contributed by atoms with van der Waals surface area (Å²) in [6.45, 7) is 2.80. The summed E-state index contributed by atoms with van der Waals surface area (Å²) >= 11 is 1.82. The van der Waals surface area contributed by atoms with Gasteiger partial charge in [-0.25, -0.2) is 9.18 Å². The number of hydrogen-bond donors (Lipinski definition) is 1. The number of thioether (sulfide) groups is 1. The SMILES string of the molecule is CCC1CN(C(=O)Nc2ccc(F)cc2)c2ccccc2S1. The number of benzene rings is 2. The molecular formula is C17H17FN2OS. The summed E-state index contributed by atoms with van der Waals surface area (Å²) in [5, 5.41) is 3.22. The summed E-state index contributed by atoms with van der Waals surface area (Å²) < 4.78 is 12.9. The highest BCUT2D eigenvalue weighted by molar-refractivity contribution is 8.00. The van der Waals surface area contributed by atoms with Crippen LogP contribution >= 0.6 is 11.8 Å². The summed E-state index contributed by atoms with van der Waals surface area (Å²) in [5.41, 5.74) is 1.52. The lowest BCUT2D eigenvalue weighted by molar-refractivity contribution is 0.256. The first-order valence-corrected chi connectivity index (χ1v) is 8.15. The lowest BCUT2D eigenvalue weighted by atomic mass is 10.2. The second-order valence-corrected chi connectivity index (χ2v) is 6.51. The Balaban J connectivity index is 1.83. The molecule has 0 aliphatic carbocycles. The van der Waals surface area contributed by atoms with Crippen LogP contribution in [0.4, 0.5) is 20.6 Å². The minimum Gasteiger partial charge on any atom is -0.308 e. The quantitative estimate of drug-likeness (QED) is 0.867. The van der Waals surface area contributed by atoms with E-state index in [1.807, 2.05) is 36.0 Å². The van der Waals surface area contributed by atoms with Crippen molar-refractivity contribution < 1.29 is 9.18 Å². The van der Waals surface area contributed by atoms with Crippen molar-refractivity contribution in [2.24, 2.45) is 0 Å². The number of hydrogen-bond acceptors (Lipinski definition) is 2. The summed E-state index contributed by atoms with van der Waals surface area (Å²) in [5.74, 6) is -0.316. The van der Waals surface area contributed by atoms with Crippen LogP contribution in [0.1, 0.15) is 13.3 Å². The van der Waals surface area contributed by atoms with E-state index in [9.17, 15) is 9.18 Å². The average molecular weight is 316 g/mol. The molecule has 1 heterocycles. The molecule has 0 radical (unpaired) electrons. The van der Waals surface area contributed by atoms with Crippen LogP contribution in [0.5, 0.6) is 0 Å². The number of urea groups is 1. The van der Waals surface area contributed by atoms with E-state index < -0.39 is 0 Å². The van der Waals surface area contributed by atoms with Gasteiger partial charge in [-0.2, -0.15) is 0 Å². The van der Waals surface area contributed by atoms with Crippen LogP contribution in [0.3, 0.4) is 0 Å². The van der Waals surface area contributed by atoms with E-state index in [-0.39, 0.29) is 11.8 Å². The Bertz CT molecular complexity index is 675. The van der Waals surface area contributed by atoms with Gasteiger partial charge in [0.1, 0.15) is 5.82 Å². The number of rotatable bonds is 2. The predicted molar refractivity (Wildman–Crippen MR) is 89.1 cm³/mol. The molecule has 1 N–H and O–H groups in total. The molecule has 0 bridgehead atoms. The zero-order valence-electron chi connectivity index (χ0n) is 12.3. The van der Waals surface area contributed by atoms with E-state index in [1.54, 1.807) is 17.0 Å². The standard InChI is InChI=1S/C17H17FN2OS/c1-2-14-11-20(15-5-3-4-6-16(15)22-14)17(21)19-13-9-7-12(18)8-10-13/h3-10,14H,2,11H2,1H3,(H,19,21). The number of nitrogens with one attached hydrogen (secondary N) is 1. The highest BCUT2D eigenvalue weighted by atomic mass is 32.2. The van der Waals surface area contributed by atoms with Crippen LogP contribution in [0, 0.1) is 5.82 Å². The maximum atomic E-state index is 12.9. The Morgan fingerprint density at radius 1 is 1.27 bits per heavy atom. The van der Waals surface area contributed by atoms with Gasteiger partial charge >= 0.3 is 6.03 Å². The Morgan fingerprint density at radius 3 is 2.73 bits per heavy atom. The van der Waals surface area contributed by atoms with Crippen molar-refractivity contribution in [1.29, 1.82) is 0 Å². The smallest absolute Gasteiger partial charge is 0.308 e. The van der Waals surface area contributed by atoms with E-state index in [2.05, 4.69) is 12.2 Å². The molecule has 1 aliphatic rings. The molecule has 0 spiro atoms. The molecule has 2 aromatic rings. The third kappa shape index (κ3) is 3.09. The molecule has 1 aliphatic heterocycles. The minimum atomic E-state index is -0.316. The molecule has 1 unspecified atom stereocenters. The molecule has 0 saturated heterocycles. The van der Waals surface area contributed by atoms with Crippen LogP contribution in [0.2, 0.25) is 0 Å². The van der Waals surface area contributed by atoms with Gasteiger partial charge < -0.3 is 5.32 Å². The Kier molecular flexibility index (Phi) is 4.34. The molecule has 0 saturated carbocycles. The lowest BCUT2D eigenvalue weighted by Gasteiger charge is -2.33. The van der Waals surface area contributed by atoms with Gasteiger partial charge in [0.2, 0.25) is 0 Å². The summed E-state index contributed by atoms with van der Waals surface area (Å²) in [6, 6.07) is 13.5. The molecule has 2 amide bonds. The van der Waals surface area contributed by atoms with Gasteiger partial charge in [-0.05, 0) is 42.8 Å². The van der Waals surface area contributed by atoms with Crippen molar-refractivity contribution in [1.82, 2.24) is 0 Å². The van der Waals surface area contributed by atoms with E-state index >= 15 is 0 Å². The first-order chi connectivity index (χ1) is 10.7. The predicted octanol–water partition coefficient (Wildman–Crippen LogP) is 4.75. The lowest BCUT2D eigenvalue weighted by Crippen LogP contribution is -2.41. The van der Waals surface area contributed by atoms with Gasteiger partial charge in [-0.15, -0.1) is 11.8 Å². The topological polar surface area (TPSA) is 32.3 Å². The number of anilines is 2. The third-order valence-corrected chi connectivity index (χ3v) is 5.05. The Hall–Kier alpha value is -2.01. The van der Waals surface area contributed by atoms with Gasteiger partial charge in [0.05, 0.1) is 5.69 Å². The van der Waals surface area contributed by atoms with Crippen molar-refractivity contribution in [3.63, 3.8) is 0 Å². The average Bonchev–Trinajstić information content (AvgIpc) is 2.55. The highest BCUT2D eigenvalue weighted by Gasteiger charge is 2.28. The van der Waals surface area contributed by atoms with Crippen LogP contribution in [0.25, 0.3) is 0 Å². The number of carbonyl (C=O) groups is 1. The normalized spacial score (nSPS) is 17.0. The van der Waals surface area contributed by atoms with E-state index in [0.717, 1.165) is 17.0 Å². The first kappa shape index (κ1) is 14.9. The van der Waals surface area contributed by atoms with Crippen molar-refractivity contribution in [3.8, 4) is 0 Å². The van der Waals surface area contributed by atoms with Gasteiger partial charge in [-0.3, -0.25) is 4.90 Å². The van der Waals surface area contributed by atoms with Crippen molar-refractivity contribution >= 4 is 29.2 Å². The number of amides is 2. The molecule has 3 nitrogen and oxygen atoms in total. The number of fused-ring (bicyclic) bond motifs is 1. The molecule has 114 valence electrons. The van der Waals surface area contributed by atoms with E-state index in [0.29, 0.717) is 17.5 Å². The molecule has 0 fully saturated rings. The maximum Gasteiger partial charge on any atom is 0.326 e. The first-order valence-electron chi connectivity index (χ1n) is 7.27. The van der Waals surface area contributed by atoms with Gasteiger partial charge in [-0.1, -0.05) is 19.1 Å². The summed E-state index contributed by atoms with van der Waals surface area (Å²) in [6.07, 6.45) is 0.999. The zero-order chi connectivity index (χ0) is 15.5. The monoisotopic (exact) mass is 316 g/mol. The fourth-order valence-corrected chi connectivity index (χ4v) is 3.63. The van der Waals surface area contributed by atoms with Gasteiger partial charge in [0, 0.05) is 22.4 Å². The van der Waals surface area contributed by atoms with Crippen LogP contribution < -0.4 is 10.2 Å². The molecule has 1 atom stereocenters. The largest absolute Gasteiger partial charge is 0.326 e. The van der Waals surface area contributed by atoms with E-state index in [4.69, 9.17) is 0 Å². The number of halogens is 1. The van der Waals surface area contributed by atoms with Crippen molar-refractivity contribution in [2.45, 2.75) is 23.5 Å². The second-order valence-electron chi connectivity index (χ2n) is 5.16. The molecule has 5 heteroatoms. The third-order valence-electron chi connectivity index (χ3n) is 3.63. The minimum absolute atomic E-state index is 0.183. The molecule has 3 rings (SSSR count). The molecule has 0 aromatic heterocycles. The summed E-state index contributed by atoms with van der Waals surface area (Å²) in [7, 11) is 0. The number of nitrogens with zero attached hydrogens (tertiary/aromatic N) is 1. The fourth-order valence-electron chi connectivity index (χ4n) is 2.43. The Labute approximate surface area is 133 Å². The molecule has 22 heavy (non-hydrogen) atoms. The second kappa shape index (κ2) is 6.40. The zero-order valence-corrected chi connectivity index (χ0v) is 13.1. The van der Waals surface area contributed by atoms with Gasteiger partial charge in [0.15, 0.2) is 0 Å². The van der Waals surface area contributed by atoms with Crippen LogP contribution in [-0.4, -0.2) is 17.8 Å². The maximum absolute atomic E-state index is 12.9. The molecular weight excluding hydrogens is 299 g/mol.